The summed E-state index contributed by atoms with van der Waals surface area (Å²) in [5.74, 6) is 2.50. The van der Waals surface area contributed by atoms with E-state index < -0.39 is 24.0 Å². The highest BCUT2D eigenvalue weighted by Crippen LogP contribution is 2.51. The van der Waals surface area contributed by atoms with Gasteiger partial charge in [-0.25, -0.2) is 9.59 Å². The van der Waals surface area contributed by atoms with Gasteiger partial charge in [-0.05, 0) is 77.6 Å². The van der Waals surface area contributed by atoms with Crippen molar-refractivity contribution in [3.8, 4) is 40.2 Å². The van der Waals surface area contributed by atoms with Crippen molar-refractivity contribution in [3.05, 3.63) is 100 Å². The SMILES string of the molecule is CCCCC(C(=O)O)[N+]1(C)CCc2cc(OC)c3cc2C1Cc1ccc(cc1)Oc1cc(ccc1OC)CC1c2c(cc(OC)cc2O3)CC[N+]1(C)C(CCCC)C(=O)O. The quantitative estimate of drug-likeness (QED) is 0.127. The van der Waals surface area contributed by atoms with E-state index in [-0.39, 0.29) is 16.6 Å². The van der Waals surface area contributed by atoms with Gasteiger partial charge in [-0.1, -0.05) is 44.9 Å². The van der Waals surface area contributed by atoms with Crippen LogP contribution < -0.4 is 23.7 Å². The van der Waals surface area contributed by atoms with Gasteiger partial charge in [0.25, 0.3) is 0 Å². The van der Waals surface area contributed by atoms with Gasteiger partial charge in [0.1, 0.15) is 29.3 Å². The molecule has 2 N–H and O–H groups in total. The Morgan fingerprint density at radius 3 is 1.85 bits per heavy atom. The highest BCUT2D eigenvalue weighted by Gasteiger charge is 2.50. The molecule has 60 heavy (non-hydrogen) atoms. The Morgan fingerprint density at radius 2 is 1.25 bits per heavy atom. The van der Waals surface area contributed by atoms with Crippen molar-refractivity contribution in [3.63, 3.8) is 0 Å². The number of fused-ring (bicyclic) bond motifs is 2. The van der Waals surface area contributed by atoms with E-state index in [4.69, 9.17) is 23.7 Å². The molecule has 0 aliphatic carbocycles. The van der Waals surface area contributed by atoms with Crippen LogP contribution in [0.1, 0.15) is 97.8 Å². The number of ether oxygens (including phenoxy) is 5. The average molecular weight is 823 g/mol. The Labute approximate surface area is 354 Å². The number of quaternary nitrogens is 2. The van der Waals surface area contributed by atoms with Crippen LogP contribution >= 0.6 is 0 Å². The molecular weight excluding hydrogens is 761 g/mol. The van der Waals surface area contributed by atoms with E-state index in [0.717, 1.165) is 59.1 Å². The van der Waals surface area contributed by atoms with Gasteiger partial charge in [0.05, 0.1) is 54.1 Å². The van der Waals surface area contributed by atoms with Crippen LogP contribution in [0.4, 0.5) is 0 Å². The minimum atomic E-state index is -0.811. The Balaban J connectivity index is 1.49. The summed E-state index contributed by atoms with van der Waals surface area (Å²) < 4.78 is 32.1. The molecule has 0 saturated heterocycles. The number of carboxylic acids is 2. The van der Waals surface area contributed by atoms with Crippen LogP contribution in [0.2, 0.25) is 0 Å². The van der Waals surface area contributed by atoms with E-state index >= 15 is 0 Å². The first-order valence-electron chi connectivity index (χ1n) is 21.6. The van der Waals surface area contributed by atoms with E-state index in [0.29, 0.717) is 96.3 Å². The molecule has 6 atom stereocenters. The summed E-state index contributed by atoms with van der Waals surface area (Å²) in [6.07, 6.45) is 6.92. The minimum absolute atomic E-state index is 0.218. The molecule has 4 aromatic rings. The number of rotatable bonds is 13. The van der Waals surface area contributed by atoms with Crippen LogP contribution in [0.5, 0.6) is 40.2 Å². The molecule has 0 radical (unpaired) electrons. The first-order chi connectivity index (χ1) is 28.9. The predicted octanol–water partition coefficient (Wildman–Crippen LogP) is 9.47. The lowest BCUT2D eigenvalue weighted by Gasteiger charge is -2.49. The van der Waals surface area contributed by atoms with Gasteiger partial charge < -0.3 is 42.9 Å². The second kappa shape index (κ2) is 17.8. The maximum Gasteiger partial charge on any atom is 0.362 e. The molecule has 6 unspecified atom stereocenters. The number of likely N-dealkylation sites (N-methyl/N-ethyl adjacent to an activating group) is 2. The Bertz CT molecular complexity index is 2210. The summed E-state index contributed by atoms with van der Waals surface area (Å²) in [5, 5.41) is 21.7. The number of carboxylic acid groups (broad SMARTS) is 2. The zero-order chi connectivity index (χ0) is 42.8. The summed E-state index contributed by atoms with van der Waals surface area (Å²) in [6, 6.07) is 20.3. The normalized spacial score (nSPS) is 22.8. The van der Waals surface area contributed by atoms with Crippen LogP contribution in [0, 0.1) is 0 Å². The third-order valence-corrected chi connectivity index (χ3v) is 13.8. The molecule has 11 heteroatoms. The summed E-state index contributed by atoms with van der Waals surface area (Å²) in [5.41, 5.74) is 6.14. The highest BCUT2D eigenvalue weighted by molar-refractivity contribution is 5.73. The third-order valence-electron chi connectivity index (χ3n) is 13.8. The lowest BCUT2D eigenvalue weighted by atomic mass is 9.83. The fourth-order valence-corrected chi connectivity index (χ4v) is 10.3. The van der Waals surface area contributed by atoms with Gasteiger partial charge in [-0.2, -0.15) is 0 Å². The topological polar surface area (TPSA) is 121 Å². The molecule has 4 aromatic carbocycles. The number of hydrogen-bond donors (Lipinski definition) is 2. The molecule has 6 bridgehead atoms. The van der Waals surface area contributed by atoms with Crippen molar-refractivity contribution >= 4 is 11.9 Å². The minimum Gasteiger partial charge on any atom is -0.497 e. The molecule has 11 nitrogen and oxygen atoms in total. The summed E-state index contributed by atoms with van der Waals surface area (Å²) in [4.78, 5) is 26.5. The summed E-state index contributed by atoms with van der Waals surface area (Å²) in [6.45, 7) is 5.46. The number of nitrogens with zero attached hydrogens (tertiary/aromatic N) is 2. The maximum atomic E-state index is 13.3. The van der Waals surface area contributed by atoms with Crippen molar-refractivity contribution in [2.45, 2.75) is 102 Å². The van der Waals surface area contributed by atoms with E-state index in [1.54, 1.807) is 21.3 Å². The Hall–Kier alpha value is -5.26. The number of carbonyl (C=O) groups is 2. The van der Waals surface area contributed by atoms with Crippen LogP contribution in [0.3, 0.4) is 0 Å². The predicted molar refractivity (Wildman–Crippen MR) is 230 cm³/mol. The van der Waals surface area contributed by atoms with Gasteiger partial charge >= 0.3 is 11.9 Å². The molecular formula is C49H62N2O9+2. The Morgan fingerprint density at radius 1 is 0.667 bits per heavy atom. The van der Waals surface area contributed by atoms with Crippen LogP contribution in [0.15, 0.2) is 66.7 Å². The van der Waals surface area contributed by atoms with Crippen molar-refractivity contribution < 1.29 is 52.5 Å². The number of benzene rings is 4. The molecule has 4 aliphatic heterocycles. The van der Waals surface area contributed by atoms with Gasteiger partial charge in [0.2, 0.25) is 0 Å². The zero-order valence-electron chi connectivity index (χ0n) is 36.3. The second-order valence-corrected chi connectivity index (χ2v) is 17.3. The van der Waals surface area contributed by atoms with Crippen LogP contribution in [-0.4, -0.2) is 91.7 Å². The first-order valence-corrected chi connectivity index (χ1v) is 21.6. The zero-order valence-corrected chi connectivity index (χ0v) is 36.3. The number of unbranched alkanes of at least 4 members (excludes halogenated alkanes) is 2. The molecule has 0 saturated carbocycles. The largest absolute Gasteiger partial charge is 0.497 e. The fraction of sp³-hybridized carbons (Fsp3) is 0.469. The number of hydrogen-bond acceptors (Lipinski definition) is 7. The maximum absolute atomic E-state index is 13.3. The van der Waals surface area contributed by atoms with Gasteiger partial charge in [-0.15, -0.1) is 0 Å². The molecule has 0 fully saturated rings. The molecule has 4 heterocycles. The Kier molecular flexibility index (Phi) is 12.7. The summed E-state index contributed by atoms with van der Waals surface area (Å²) in [7, 11) is 9.11. The molecule has 320 valence electrons. The lowest BCUT2D eigenvalue weighted by molar-refractivity contribution is -0.956. The standard InChI is InChI=1S/C49H60N2O9/c1-8-10-12-38(48(52)53)50(3)22-20-33-28-43(58-7)45-30-37(33)40(50)24-31-14-17-35(18-15-31)59-44-26-32(16-19-42(44)57-6)25-41-47-34(27-36(56-5)29-46(47)60-45)21-23-51(41,4)39(49(54)55)13-11-9-2/h14-19,26-30,38-41H,8-13,20-25H2,1-7H3/p+2. The molecule has 0 spiro atoms. The van der Waals surface area contributed by atoms with Gasteiger partial charge in [-0.3, -0.25) is 0 Å². The number of methoxy groups -OCH3 is 3. The van der Waals surface area contributed by atoms with Crippen molar-refractivity contribution in [2.24, 2.45) is 0 Å². The monoisotopic (exact) mass is 822 g/mol. The molecule has 0 amide bonds. The van der Waals surface area contributed by atoms with E-state index in [2.05, 4.69) is 58.3 Å². The third kappa shape index (κ3) is 8.14. The van der Waals surface area contributed by atoms with E-state index in [9.17, 15) is 19.8 Å². The van der Waals surface area contributed by atoms with Crippen molar-refractivity contribution in [1.82, 2.24) is 0 Å². The van der Waals surface area contributed by atoms with E-state index in [1.165, 1.54) is 0 Å². The van der Waals surface area contributed by atoms with Crippen LogP contribution in [-0.2, 0) is 35.3 Å². The van der Waals surface area contributed by atoms with Gasteiger partial charge in [0, 0.05) is 50.2 Å². The van der Waals surface area contributed by atoms with Gasteiger partial charge in [0.15, 0.2) is 35.1 Å². The van der Waals surface area contributed by atoms with Crippen molar-refractivity contribution in [1.29, 1.82) is 0 Å². The fourth-order valence-electron chi connectivity index (χ4n) is 10.3. The lowest BCUT2D eigenvalue weighted by Crippen LogP contribution is -2.61. The first kappa shape index (κ1) is 42.8. The second-order valence-electron chi connectivity index (χ2n) is 17.3. The molecule has 4 aliphatic rings. The van der Waals surface area contributed by atoms with Crippen LogP contribution in [0.25, 0.3) is 0 Å². The van der Waals surface area contributed by atoms with E-state index in [1.807, 2.05) is 36.4 Å². The number of aliphatic carboxylic acids is 2. The smallest absolute Gasteiger partial charge is 0.362 e. The molecule has 8 rings (SSSR count). The average Bonchev–Trinajstić information content (AvgIpc) is 3.23. The molecule has 0 aromatic heterocycles. The summed E-state index contributed by atoms with van der Waals surface area (Å²) >= 11 is 0. The highest BCUT2D eigenvalue weighted by atomic mass is 16.5. The van der Waals surface area contributed by atoms with Crippen molar-refractivity contribution in [2.75, 3.05) is 48.5 Å².